The van der Waals surface area contributed by atoms with Crippen molar-refractivity contribution in [1.82, 2.24) is 10.6 Å². The molecule has 20 heavy (non-hydrogen) atoms. The highest BCUT2D eigenvalue weighted by Crippen LogP contribution is 2.16. The van der Waals surface area contributed by atoms with E-state index in [0.717, 1.165) is 11.3 Å². The average Bonchev–Trinajstić information content (AvgIpc) is 2.47. The van der Waals surface area contributed by atoms with Crippen LogP contribution in [0.25, 0.3) is 0 Å². The van der Waals surface area contributed by atoms with Crippen LogP contribution in [0.5, 0.6) is 5.75 Å². The van der Waals surface area contributed by atoms with Crippen LogP contribution >= 0.6 is 0 Å². The van der Waals surface area contributed by atoms with E-state index in [1.54, 1.807) is 19.5 Å². The molecule has 6 heteroatoms. The normalized spacial score (nSPS) is 9.90. The highest BCUT2D eigenvalue weighted by atomic mass is 16.5. The number of likely N-dealkylation sites (N-methyl/N-ethyl adjacent to an activating group) is 1. The van der Waals surface area contributed by atoms with E-state index in [4.69, 9.17) is 4.74 Å². The van der Waals surface area contributed by atoms with Crippen LogP contribution in [-0.4, -0.2) is 45.6 Å². The molecular weight excluding hydrogens is 258 g/mol. The summed E-state index contributed by atoms with van der Waals surface area (Å²) in [5, 5.41) is 6.98. The summed E-state index contributed by atoms with van der Waals surface area (Å²) in [6.45, 7) is 1.06. The fraction of sp³-hybridized carbons (Fsp3) is 0.429. The van der Waals surface area contributed by atoms with E-state index in [2.05, 4.69) is 10.6 Å². The topological polar surface area (TPSA) is 84.0 Å². The van der Waals surface area contributed by atoms with Crippen molar-refractivity contribution in [2.24, 2.45) is 0 Å². The summed E-state index contributed by atoms with van der Waals surface area (Å²) in [6, 6.07) is 7.72. The van der Waals surface area contributed by atoms with Crippen molar-refractivity contribution in [3.05, 3.63) is 29.8 Å². The molecule has 4 N–H and O–H groups in total. The highest BCUT2D eigenvalue weighted by Gasteiger charge is 2.06. The number of benzene rings is 1. The lowest BCUT2D eigenvalue weighted by Crippen LogP contribution is -2.88. The number of quaternary nitrogens is 1. The zero-order chi connectivity index (χ0) is 14.8. The lowest BCUT2D eigenvalue weighted by atomic mass is 10.1. The molecule has 0 radical (unpaired) electrons. The number of carbonyl (C=O) groups excluding carboxylic acids is 2. The van der Waals surface area contributed by atoms with Gasteiger partial charge in [-0.05, 0) is 18.1 Å². The second-order valence-electron chi connectivity index (χ2n) is 4.28. The van der Waals surface area contributed by atoms with E-state index in [9.17, 15) is 9.59 Å². The number of nitrogens with two attached hydrogens (primary N) is 1. The fourth-order valence-electron chi connectivity index (χ4n) is 1.75. The molecule has 6 nitrogen and oxygen atoms in total. The van der Waals surface area contributed by atoms with Gasteiger partial charge in [-0.1, -0.05) is 18.2 Å². The monoisotopic (exact) mass is 280 g/mol. The lowest BCUT2D eigenvalue weighted by Gasteiger charge is -2.08. The van der Waals surface area contributed by atoms with Crippen molar-refractivity contribution in [1.29, 1.82) is 0 Å². The quantitative estimate of drug-likeness (QED) is 0.551. The minimum absolute atomic E-state index is 0.0798. The third kappa shape index (κ3) is 5.71. The van der Waals surface area contributed by atoms with Gasteiger partial charge in [-0.15, -0.1) is 0 Å². The molecule has 0 saturated heterocycles. The smallest absolute Gasteiger partial charge is 0.275 e. The number of ether oxygens (including phenoxy) is 1. The zero-order valence-corrected chi connectivity index (χ0v) is 11.9. The van der Waals surface area contributed by atoms with Gasteiger partial charge in [0, 0.05) is 13.6 Å². The Bertz CT molecular complexity index is 449. The van der Waals surface area contributed by atoms with Crippen LogP contribution < -0.4 is 20.7 Å². The van der Waals surface area contributed by atoms with Gasteiger partial charge in [0.2, 0.25) is 0 Å². The second kappa shape index (κ2) is 8.92. The number of carbonyl (C=O) groups is 2. The number of amides is 2. The predicted octanol–water partition coefficient (Wildman–Crippen LogP) is -1.34. The van der Waals surface area contributed by atoms with Gasteiger partial charge < -0.3 is 20.7 Å². The number of nitrogens with one attached hydrogen (secondary N) is 2. The number of hydrogen-bond acceptors (Lipinski definition) is 3. The van der Waals surface area contributed by atoms with Gasteiger partial charge in [0.1, 0.15) is 5.75 Å². The summed E-state index contributed by atoms with van der Waals surface area (Å²) in [5.41, 5.74) is 1.06. The summed E-state index contributed by atoms with van der Waals surface area (Å²) in [5.74, 6) is 0.656. The molecule has 0 aliphatic heterocycles. The molecule has 1 aromatic carbocycles. The summed E-state index contributed by atoms with van der Waals surface area (Å²) < 4.78 is 5.24. The molecule has 1 aromatic rings. The third-order valence-corrected chi connectivity index (χ3v) is 2.85. The van der Waals surface area contributed by atoms with Gasteiger partial charge in [-0.25, -0.2) is 0 Å². The van der Waals surface area contributed by atoms with Crippen molar-refractivity contribution >= 4 is 11.8 Å². The maximum Gasteiger partial charge on any atom is 0.275 e. The Hall–Kier alpha value is -2.08. The molecule has 0 unspecified atom stereocenters. The Morgan fingerprint density at radius 2 is 1.90 bits per heavy atom. The third-order valence-electron chi connectivity index (χ3n) is 2.85. The van der Waals surface area contributed by atoms with Gasteiger partial charge in [0.15, 0.2) is 13.1 Å². The first kappa shape index (κ1) is 16.0. The molecule has 0 aliphatic carbocycles. The van der Waals surface area contributed by atoms with Gasteiger partial charge in [0.25, 0.3) is 11.8 Å². The Morgan fingerprint density at radius 1 is 1.20 bits per heavy atom. The second-order valence-corrected chi connectivity index (χ2v) is 4.28. The molecule has 0 atom stereocenters. The lowest BCUT2D eigenvalue weighted by molar-refractivity contribution is -0.633. The van der Waals surface area contributed by atoms with Gasteiger partial charge in [-0.3, -0.25) is 9.59 Å². The largest absolute Gasteiger partial charge is 0.496 e. The van der Waals surface area contributed by atoms with E-state index in [1.807, 2.05) is 24.3 Å². The van der Waals surface area contributed by atoms with Crippen LogP contribution in [0.1, 0.15) is 5.56 Å². The molecule has 1 rings (SSSR count). The number of rotatable bonds is 8. The average molecular weight is 280 g/mol. The summed E-state index contributed by atoms with van der Waals surface area (Å²) in [6.07, 6.45) is 0.713. The van der Waals surface area contributed by atoms with Crippen molar-refractivity contribution in [2.75, 3.05) is 33.8 Å². The minimum Gasteiger partial charge on any atom is -0.496 e. The van der Waals surface area contributed by atoms with E-state index >= 15 is 0 Å². The fourth-order valence-corrected chi connectivity index (χ4v) is 1.75. The molecule has 0 spiro atoms. The Balaban J connectivity index is 2.23. The van der Waals surface area contributed by atoms with E-state index < -0.39 is 0 Å². The van der Waals surface area contributed by atoms with Gasteiger partial charge >= 0.3 is 0 Å². The Morgan fingerprint density at radius 3 is 2.60 bits per heavy atom. The Kier molecular flexibility index (Phi) is 7.13. The summed E-state index contributed by atoms with van der Waals surface area (Å²) >= 11 is 0. The number of hydrogen-bond donors (Lipinski definition) is 3. The summed E-state index contributed by atoms with van der Waals surface area (Å²) in [7, 11) is 3.20. The van der Waals surface area contributed by atoms with Crippen molar-refractivity contribution in [3.63, 3.8) is 0 Å². The van der Waals surface area contributed by atoms with Crippen molar-refractivity contribution in [3.8, 4) is 5.75 Å². The van der Waals surface area contributed by atoms with Gasteiger partial charge in [-0.2, -0.15) is 0 Å². The minimum atomic E-state index is -0.0909. The zero-order valence-electron chi connectivity index (χ0n) is 11.9. The van der Waals surface area contributed by atoms with Crippen LogP contribution in [-0.2, 0) is 16.0 Å². The molecule has 0 bridgehead atoms. The first-order valence-electron chi connectivity index (χ1n) is 6.58. The van der Waals surface area contributed by atoms with E-state index in [0.29, 0.717) is 13.0 Å². The SMILES string of the molecule is CNC(=O)C[NH2+]CC(=O)NCCc1ccccc1OC. The van der Waals surface area contributed by atoms with E-state index in [-0.39, 0.29) is 24.9 Å². The first-order valence-corrected chi connectivity index (χ1v) is 6.58. The highest BCUT2D eigenvalue weighted by molar-refractivity contribution is 5.78. The molecule has 0 fully saturated rings. The van der Waals surface area contributed by atoms with Crippen LogP contribution in [0.2, 0.25) is 0 Å². The molecular formula is C14H22N3O3+. The standard InChI is InChI=1S/C14H21N3O3/c1-15-13(18)9-16-10-14(19)17-8-7-11-5-3-4-6-12(11)20-2/h3-6,16H,7-10H2,1-2H3,(H,15,18)(H,17,19)/p+1. The molecule has 0 aromatic heterocycles. The van der Waals surface area contributed by atoms with Crippen LogP contribution in [0, 0.1) is 0 Å². The van der Waals surface area contributed by atoms with Crippen LogP contribution in [0.4, 0.5) is 0 Å². The maximum atomic E-state index is 11.6. The van der Waals surface area contributed by atoms with E-state index in [1.165, 1.54) is 0 Å². The molecule has 0 aliphatic rings. The van der Waals surface area contributed by atoms with Crippen molar-refractivity contribution < 1.29 is 19.6 Å². The maximum absolute atomic E-state index is 11.6. The van der Waals surface area contributed by atoms with Crippen LogP contribution in [0.15, 0.2) is 24.3 Å². The number of para-hydroxylation sites is 1. The predicted molar refractivity (Wildman–Crippen MR) is 75.4 cm³/mol. The molecule has 0 heterocycles. The molecule has 0 saturated carbocycles. The number of methoxy groups -OCH3 is 1. The molecule has 110 valence electrons. The van der Waals surface area contributed by atoms with Crippen molar-refractivity contribution in [2.45, 2.75) is 6.42 Å². The first-order chi connectivity index (χ1) is 9.67. The Labute approximate surface area is 118 Å². The van der Waals surface area contributed by atoms with Gasteiger partial charge in [0.05, 0.1) is 7.11 Å². The summed E-state index contributed by atoms with van der Waals surface area (Å²) in [4.78, 5) is 22.5. The van der Waals surface area contributed by atoms with Crippen LogP contribution in [0.3, 0.4) is 0 Å². The molecule has 2 amide bonds.